The van der Waals surface area contributed by atoms with Crippen LogP contribution in [0, 0.1) is 0 Å². The molecule has 1 heterocycles. The van der Waals surface area contributed by atoms with Crippen molar-refractivity contribution in [2.24, 2.45) is 0 Å². The van der Waals surface area contributed by atoms with E-state index in [1.165, 1.54) is 6.07 Å². The van der Waals surface area contributed by atoms with Gasteiger partial charge in [0, 0.05) is 36.1 Å². The molecule has 0 saturated heterocycles. The van der Waals surface area contributed by atoms with Crippen molar-refractivity contribution in [1.29, 1.82) is 0 Å². The van der Waals surface area contributed by atoms with Gasteiger partial charge in [0.25, 0.3) is 0 Å². The molecule has 35 heavy (non-hydrogen) atoms. The summed E-state index contributed by atoms with van der Waals surface area (Å²) in [5.41, 5.74) is 0.288. The second-order valence-electron chi connectivity index (χ2n) is 6.83. The van der Waals surface area contributed by atoms with Crippen LogP contribution in [-0.4, -0.2) is 29.4 Å². The van der Waals surface area contributed by atoms with E-state index >= 15 is 0 Å². The van der Waals surface area contributed by atoms with Gasteiger partial charge < -0.3 is 10.2 Å². The molecule has 2 aromatic carbocycles. The Morgan fingerprint density at radius 1 is 1.20 bits per heavy atom. The van der Waals surface area contributed by atoms with Crippen molar-refractivity contribution in [3.63, 3.8) is 0 Å². The molecule has 10 heteroatoms. The van der Waals surface area contributed by atoms with Gasteiger partial charge in [-0.05, 0) is 29.8 Å². The third-order valence-electron chi connectivity index (χ3n) is 4.57. The predicted octanol–water partition coefficient (Wildman–Crippen LogP) is 6.85. The molecule has 188 valence electrons. The van der Waals surface area contributed by atoms with Crippen LogP contribution >= 0.6 is 11.6 Å². The van der Waals surface area contributed by atoms with Crippen molar-refractivity contribution in [3.05, 3.63) is 82.1 Å². The molecule has 0 aliphatic heterocycles. The number of nitrogens with zero attached hydrogens (tertiary/aromatic N) is 2. The Morgan fingerprint density at radius 2 is 1.91 bits per heavy atom. The first-order valence-electron chi connectivity index (χ1n) is 10.3. The third kappa shape index (κ3) is 7.99. The van der Waals surface area contributed by atoms with Crippen LogP contribution in [0.1, 0.15) is 48.3 Å². The number of benzene rings is 2. The number of carbonyl (C=O) groups excluding carboxylic acids is 2. The van der Waals surface area contributed by atoms with Crippen LogP contribution in [0.25, 0.3) is 6.08 Å². The van der Waals surface area contributed by atoms with Crippen LogP contribution < -0.4 is 10.2 Å². The molecule has 0 atom stereocenters. The van der Waals surface area contributed by atoms with E-state index in [1.807, 2.05) is 13.8 Å². The van der Waals surface area contributed by atoms with Gasteiger partial charge in [0.15, 0.2) is 6.29 Å². The fourth-order valence-corrected chi connectivity index (χ4v) is 3.20. The van der Waals surface area contributed by atoms with Crippen LogP contribution in [0.2, 0.25) is 5.02 Å². The lowest BCUT2D eigenvalue weighted by molar-refractivity contribution is -0.137. The number of aromatic nitrogens is 2. The number of carbonyl (C=O) groups is 2. The van der Waals surface area contributed by atoms with Gasteiger partial charge in [-0.1, -0.05) is 51.1 Å². The van der Waals surface area contributed by atoms with Crippen molar-refractivity contribution in [2.45, 2.75) is 33.9 Å². The topological polar surface area (TPSA) is 78.1 Å². The number of amides is 1. The fourth-order valence-electron chi connectivity index (χ4n) is 2.97. The average Bonchev–Trinajstić information content (AvgIpc) is 3.35. The lowest BCUT2D eigenvalue weighted by atomic mass is 10.0. The number of nitrogens with one attached hydrogen (secondary N) is 2. The summed E-state index contributed by atoms with van der Waals surface area (Å²) in [5.74, 6) is 0.165. The van der Waals surface area contributed by atoms with E-state index in [0.29, 0.717) is 28.9 Å². The summed E-state index contributed by atoms with van der Waals surface area (Å²) in [6.07, 6.45) is 0.639. The number of H-pyrrole nitrogens is 1. The largest absolute Gasteiger partial charge is 0.417 e. The molecule has 1 amide bonds. The average molecular weight is 509 g/mol. The van der Waals surface area contributed by atoms with E-state index in [4.69, 9.17) is 11.6 Å². The quantitative estimate of drug-likeness (QED) is 0.342. The van der Waals surface area contributed by atoms with Gasteiger partial charge in [0.2, 0.25) is 5.91 Å². The normalized spacial score (nSPS) is 10.7. The molecule has 1 aromatic heterocycles. The second kappa shape index (κ2) is 13.3. The lowest BCUT2D eigenvalue weighted by Gasteiger charge is -2.14. The van der Waals surface area contributed by atoms with Crippen LogP contribution in [0.15, 0.2) is 54.9 Å². The van der Waals surface area contributed by atoms with Crippen LogP contribution in [0.5, 0.6) is 0 Å². The van der Waals surface area contributed by atoms with Gasteiger partial charge in [-0.25, -0.2) is 0 Å². The summed E-state index contributed by atoms with van der Waals surface area (Å²) in [5, 5.41) is 8.88. The third-order valence-corrected chi connectivity index (χ3v) is 4.90. The maximum atomic E-state index is 13.1. The highest BCUT2D eigenvalue weighted by molar-refractivity contribution is 6.31. The molecule has 0 aliphatic carbocycles. The number of anilines is 2. The summed E-state index contributed by atoms with van der Waals surface area (Å²) in [7, 11) is 1.77. The predicted molar refractivity (Wildman–Crippen MR) is 135 cm³/mol. The minimum Gasteiger partial charge on any atom is -0.336 e. The van der Waals surface area contributed by atoms with E-state index in [9.17, 15) is 22.8 Å². The number of hydrogen-bond donors (Lipinski definition) is 2. The van der Waals surface area contributed by atoms with Gasteiger partial charge in [-0.2, -0.15) is 18.3 Å². The molecule has 3 rings (SSSR count). The number of halogens is 4. The molecule has 0 saturated carbocycles. The Morgan fingerprint density at radius 3 is 2.51 bits per heavy atom. The highest BCUT2D eigenvalue weighted by Crippen LogP contribution is 2.35. The molecule has 0 aliphatic rings. The first kappa shape index (κ1) is 29.4. The monoisotopic (exact) mass is 508 g/mol. The fraction of sp³-hybridized carbons (Fsp3) is 0.240. The van der Waals surface area contributed by atoms with Crippen LogP contribution in [0.4, 0.5) is 24.7 Å². The van der Waals surface area contributed by atoms with E-state index in [-0.39, 0.29) is 19.4 Å². The van der Waals surface area contributed by atoms with E-state index < -0.39 is 22.7 Å². The zero-order valence-electron chi connectivity index (χ0n) is 18.8. The minimum atomic E-state index is -4.62. The Bertz CT molecular complexity index is 1150. The first-order valence-corrected chi connectivity index (χ1v) is 10.7. The number of alkyl halides is 3. The standard InChI is InChI=1S/C22H18ClF3N4O2.C2H6.CH4/c1-30(20-7-9-27-29-20)10-8-16-15(13-31)3-2-4-19(16)28-21(32)12-14-5-6-18(23)17(11-14)22(24,25)26;1-2;/h2-11,13H,12H2,1H3,(H,27,29)(H,28,32);1-2H3;1H4/b10-8-;;. The van der Waals surface area contributed by atoms with Gasteiger partial charge in [-0.3, -0.25) is 14.7 Å². The van der Waals surface area contributed by atoms with E-state index in [1.54, 1.807) is 54.7 Å². The van der Waals surface area contributed by atoms with Crippen LogP contribution in [-0.2, 0) is 17.4 Å². The van der Waals surface area contributed by atoms with Gasteiger partial charge in [0.1, 0.15) is 5.82 Å². The van der Waals surface area contributed by atoms with Crippen LogP contribution in [0.3, 0.4) is 0 Å². The number of rotatable bonds is 7. The molecule has 0 bridgehead atoms. The highest BCUT2D eigenvalue weighted by Gasteiger charge is 2.33. The maximum absolute atomic E-state index is 13.1. The summed E-state index contributed by atoms with van der Waals surface area (Å²) >= 11 is 5.63. The van der Waals surface area contributed by atoms with Crippen molar-refractivity contribution < 1.29 is 22.8 Å². The molecular weight excluding hydrogens is 481 g/mol. The second-order valence-corrected chi connectivity index (χ2v) is 7.24. The molecule has 2 N–H and O–H groups in total. The van der Waals surface area contributed by atoms with Gasteiger partial charge >= 0.3 is 6.18 Å². The molecule has 0 radical (unpaired) electrons. The number of aldehydes is 1. The Kier molecular flexibility index (Phi) is 11.2. The number of aromatic amines is 1. The SMILES string of the molecule is C.CC.CN(/C=C\c1c(C=O)cccc1NC(=O)Cc1ccc(Cl)c(C(F)(F)F)c1)c1ccn[nH]1. The van der Waals surface area contributed by atoms with Gasteiger partial charge in [-0.15, -0.1) is 0 Å². The molecule has 0 unspecified atom stereocenters. The molecular formula is C25H28ClF3N4O2. The van der Waals surface area contributed by atoms with Crippen molar-refractivity contribution >= 4 is 41.4 Å². The zero-order valence-corrected chi connectivity index (χ0v) is 19.5. The summed E-state index contributed by atoms with van der Waals surface area (Å²) in [4.78, 5) is 25.8. The number of hydrogen-bond acceptors (Lipinski definition) is 4. The van der Waals surface area contributed by atoms with E-state index in [0.717, 1.165) is 12.1 Å². The Labute approximate surface area is 207 Å². The maximum Gasteiger partial charge on any atom is 0.417 e. The summed E-state index contributed by atoms with van der Waals surface area (Å²) < 4.78 is 39.2. The molecule has 0 spiro atoms. The highest BCUT2D eigenvalue weighted by atomic mass is 35.5. The molecule has 0 fully saturated rings. The van der Waals surface area contributed by atoms with E-state index in [2.05, 4.69) is 15.5 Å². The van der Waals surface area contributed by atoms with Crippen molar-refractivity contribution in [1.82, 2.24) is 10.2 Å². The van der Waals surface area contributed by atoms with Gasteiger partial charge in [0.05, 0.1) is 23.2 Å². The summed E-state index contributed by atoms with van der Waals surface area (Å²) in [6, 6.07) is 9.86. The summed E-state index contributed by atoms with van der Waals surface area (Å²) in [6.45, 7) is 4.00. The molecule has 6 nitrogen and oxygen atoms in total. The first-order chi connectivity index (χ1) is 16.2. The Balaban J connectivity index is 0.00000199. The minimum absolute atomic E-state index is 0. The zero-order chi connectivity index (χ0) is 25.3. The molecule has 3 aromatic rings. The lowest BCUT2D eigenvalue weighted by Crippen LogP contribution is -2.16. The van der Waals surface area contributed by atoms with Crippen molar-refractivity contribution in [2.75, 3.05) is 17.3 Å². The van der Waals surface area contributed by atoms with Crippen molar-refractivity contribution in [3.8, 4) is 0 Å². The Hall–Kier alpha value is -3.59. The smallest absolute Gasteiger partial charge is 0.336 e.